The molecule has 1 saturated heterocycles. The van der Waals surface area contributed by atoms with E-state index in [1.54, 1.807) is 0 Å². The molecule has 2 amide bonds. The fourth-order valence-corrected chi connectivity index (χ4v) is 4.27. The van der Waals surface area contributed by atoms with E-state index in [4.69, 9.17) is 0 Å². The zero-order chi connectivity index (χ0) is 22.3. The van der Waals surface area contributed by atoms with Crippen LogP contribution in [0.1, 0.15) is 30.4 Å². The van der Waals surface area contributed by atoms with Crippen LogP contribution in [0.15, 0.2) is 84.9 Å². The molecule has 1 N–H and O–H groups in total. The maximum absolute atomic E-state index is 13.5. The molecule has 0 unspecified atom stereocenters. The highest BCUT2D eigenvalue weighted by Crippen LogP contribution is 2.30. The molecule has 5 heteroatoms. The lowest BCUT2D eigenvalue weighted by Crippen LogP contribution is -2.48. The molecule has 3 aromatic rings. The van der Waals surface area contributed by atoms with Crippen molar-refractivity contribution in [2.75, 3.05) is 36.4 Å². The Morgan fingerprint density at radius 3 is 1.88 bits per heavy atom. The summed E-state index contributed by atoms with van der Waals surface area (Å²) in [5.41, 5.74) is 3.70. The number of piperazine rings is 1. The Morgan fingerprint density at radius 2 is 1.31 bits per heavy atom. The summed E-state index contributed by atoms with van der Waals surface area (Å²) in [6.07, 6.45) is 0.535. The van der Waals surface area contributed by atoms with Gasteiger partial charge in [0.25, 0.3) is 0 Å². The minimum absolute atomic E-state index is 0.0605. The van der Waals surface area contributed by atoms with Crippen LogP contribution in [0.4, 0.5) is 11.4 Å². The van der Waals surface area contributed by atoms with Gasteiger partial charge < -0.3 is 15.1 Å². The van der Waals surface area contributed by atoms with Crippen LogP contribution in [-0.2, 0) is 9.59 Å². The summed E-state index contributed by atoms with van der Waals surface area (Å²) in [4.78, 5) is 29.7. The predicted molar refractivity (Wildman–Crippen MR) is 129 cm³/mol. The van der Waals surface area contributed by atoms with Gasteiger partial charge in [-0.25, -0.2) is 0 Å². The first-order valence-corrected chi connectivity index (χ1v) is 11.2. The fraction of sp³-hybridized carbons (Fsp3) is 0.259. The van der Waals surface area contributed by atoms with Crippen LogP contribution in [-0.4, -0.2) is 42.9 Å². The van der Waals surface area contributed by atoms with Crippen molar-refractivity contribution < 1.29 is 9.59 Å². The van der Waals surface area contributed by atoms with Gasteiger partial charge in [-0.05, 0) is 23.3 Å². The highest BCUT2D eigenvalue weighted by molar-refractivity contribution is 6.00. The van der Waals surface area contributed by atoms with Gasteiger partial charge in [0, 0.05) is 32.6 Å². The maximum Gasteiger partial charge on any atom is 0.236 e. The summed E-state index contributed by atoms with van der Waals surface area (Å²) in [6, 6.07) is 27.7. The number of amides is 2. The van der Waals surface area contributed by atoms with E-state index in [0.29, 0.717) is 19.5 Å². The summed E-state index contributed by atoms with van der Waals surface area (Å²) < 4.78 is 0. The van der Waals surface area contributed by atoms with Crippen LogP contribution in [0, 0.1) is 0 Å². The number of hydrogen-bond acceptors (Lipinski definition) is 3. The van der Waals surface area contributed by atoms with E-state index in [2.05, 4.69) is 10.2 Å². The fourth-order valence-electron chi connectivity index (χ4n) is 4.27. The maximum atomic E-state index is 13.5. The van der Waals surface area contributed by atoms with Crippen LogP contribution in [0.2, 0.25) is 0 Å². The number of carbonyl (C=O) groups is 2. The minimum Gasteiger partial charge on any atom is -0.366 e. The molecule has 0 radical (unpaired) electrons. The zero-order valence-corrected chi connectivity index (χ0v) is 18.4. The molecule has 3 aromatic carbocycles. The van der Waals surface area contributed by atoms with Crippen molar-refractivity contribution >= 4 is 23.2 Å². The number of rotatable bonds is 6. The SMILES string of the molecule is CCC(=O)N1CCN(c2ccccc2NC(=O)C(c2ccccc2)c2ccccc2)CC1. The molecule has 164 valence electrons. The van der Waals surface area contributed by atoms with Crippen molar-refractivity contribution in [3.05, 3.63) is 96.1 Å². The molecule has 5 nitrogen and oxygen atoms in total. The zero-order valence-electron chi connectivity index (χ0n) is 18.4. The van der Waals surface area contributed by atoms with Crippen LogP contribution >= 0.6 is 0 Å². The molecule has 4 rings (SSSR count). The molecule has 1 fully saturated rings. The number of para-hydroxylation sites is 2. The number of nitrogens with one attached hydrogen (secondary N) is 1. The minimum atomic E-state index is -0.399. The smallest absolute Gasteiger partial charge is 0.236 e. The molecule has 1 aliphatic rings. The van der Waals surface area contributed by atoms with Crippen LogP contribution < -0.4 is 10.2 Å². The average molecular weight is 428 g/mol. The number of anilines is 2. The lowest BCUT2D eigenvalue weighted by Gasteiger charge is -2.37. The molecule has 0 atom stereocenters. The predicted octanol–water partition coefficient (Wildman–Crippen LogP) is 4.52. The third-order valence-electron chi connectivity index (χ3n) is 5.97. The first-order valence-electron chi connectivity index (χ1n) is 11.2. The van der Waals surface area contributed by atoms with Gasteiger partial charge in [-0.15, -0.1) is 0 Å². The van der Waals surface area contributed by atoms with E-state index in [9.17, 15) is 9.59 Å². The number of carbonyl (C=O) groups excluding carboxylic acids is 2. The largest absolute Gasteiger partial charge is 0.366 e. The summed E-state index contributed by atoms with van der Waals surface area (Å²) in [5.74, 6) is -0.265. The van der Waals surface area contributed by atoms with Gasteiger partial charge in [0.15, 0.2) is 0 Å². The van der Waals surface area contributed by atoms with Crippen molar-refractivity contribution in [2.24, 2.45) is 0 Å². The van der Waals surface area contributed by atoms with Gasteiger partial charge in [-0.3, -0.25) is 9.59 Å². The highest BCUT2D eigenvalue weighted by atomic mass is 16.2. The second-order valence-corrected chi connectivity index (χ2v) is 7.98. The van der Waals surface area contributed by atoms with Crippen molar-refractivity contribution in [1.29, 1.82) is 0 Å². The standard InChI is InChI=1S/C27H29N3O2/c1-2-25(31)30-19-17-29(18-20-30)24-16-10-9-15-23(24)28-27(32)26(21-11-5-3-6-12-21)22-13-7-4-8-14-22/h3-16,26H,2,17-20H2,1H3,(H,28,32). The van der Waals surface area contributed by atoms with Gasteiger partial charge >= 0.3 is 0 Å². The third-order valence-corrected chi connectivity index (χ3v) is 5.97. The highest BCUT2D eigenvalue weighted by Gasteiger charge is 2.25. The van der Waals surface area contributed by atoms with E-state index >= 15 is 0 Å². The van der Waals surface area contributed by atoms with E-state index in [1.807, 2.05) is 96.8 Å². The van der Waals surface area contributed by atoms with Crippen LogP contribution in [0.5, 0.6) is 0 Å². The molecular weight excluding hydrogens is 398 g/mol. The van der Waals surface area contributed by atoms with Crippen LogP contribution in [0.25, 0.3) is 0 Å². The van der Waals surface area contributed by atoms with E-state index in [-0.39, 0.29) is 11.8 Å². The Balaban J connectivity index is 1.56. The summed E-state index contributed by atoms with van der Waals surface area (Å²) in [5, 5.41) is 3.19. The molecular formula is C27H29N3O2. The lowest BCUT2D eigenvalue weighted by atomic mass is 9.90. The lowest BCUT2D eigenvalue weighted by molar-refractivity contribution is -0.131. The first kappa shape index (κ1) is 21.6. The summed E-state index contributed by atoms with van der Waals surface area (Å²) in [7, 11) is 0. The number of nitrogens with zero attached hydrogens (tertiary/aromatic N) is 2. The van der Waals surface area contributed by atoms with E-state index in [1.165, 1.54) is 0 Å². The molecule has 0 saturated carbocycles. The summed E-state index contributed by atoms with van der Waals surface area (Å²) in [6.45, 7) is 4.80. The Bertz CT molecular complexity index is 1010. The van der Waals surface area contributed by atoms with Gasteiger partial charge in [0.05, 0.1) is 17.3 Å². The van der Waals surface area contributed by atoms with Gasteiger partial charge in [-0.1, -0.05) is 79.7 Å². The van der Waals surface area contributed by atoms with Gasteiger partial charge in [0.2, 0.25) is 11.8 Å². The van der Waals surface area contributed by atoms with E-state index in [0.717, 1.165) is 35.6 Å². The third kappa shape index (κ3) is 4.83. The average Bonchev–Trinajstić information content (AvgIpc) is 2.85. The van der Waals surface area contributed by atoms with Crippen LogP contribution in [0.3, 0.4) is 0 Å². The summed E-state index contributed by atoms with van der Waals surface area (Å²) >= 11 is 0. The normalized spacial score (nSPS) is 13.8. The topological polar surface area (TPSA) is 52.7 Å². The van der Waals surface area contributed by atoms with E-state index < -0.39 is 5.92 Å². The Hall–Kier alpha value is -3.60. The van der Waals surface area contributed by atoms with Crippen molar-refractivity contribution in [3.63, 3.8) is 0 Å². The second kappa shape index (κ2) is 10.1. The Morgan fingerprint density at radius 1 is 0.781 bits per heavy atom. The molecule has 0 spiro atoms. The van der Waals surface area contributed by atoms with Gasteiger partial charge in [0.1, 0.15) is 0 Å². The van der Waals surface area contributed by atoms with Crippen molar-refractivity contribution in [2.45, 2.75) is 19.3 Å². The molecule has 32 heavy (non-hydrogen) atoms. The molecule has 0 bridgehead atoms. The monoisotopic (exact) mass is 427 g/mol. The Labute approximate surface area is 189 Å². The Kier molecular flexibility index (Phi) is 6.85. The number of hydrogen-bond donors (Lipinski definition) is 1. The second-order valence-electron chi connectivity index (χ2n) is 7.98. The molecule has 0 aliphatic carbocycles. The molecule has 0 aromatic heterocycles. The molecule has 1 heterocycles. The van der Waals surface area contributed by atoms with Crippen molar-refractivity contribution in [1.82, 2.24) is 4.90 Å². The number of benzene rings is 3. The molecule has 1 aliphatic heterocycles. The first-order chi connectivity index (χ1) is 15.7. The van der Waals surface area contributed by atoms with Crippen molar-refractivity contribution in [3.8, 4) is 0 Å². The van der Waals surface area contributed by atoms with Gasteiger partial charge in [-0.2, -0.15) is 0 Å². The quantitative estimate of drug-likeness (QED) is 0.630.